The molecule has 0 saturated carbocycles. The van der Waals surface area contributed by atoms with E-state index in [1.807, 2.05) is 0 Å². The molecule has 1 atom stereocenters. The van der Waals surface area contributed by atoms with Gasteiger partial charge < -0.3 is 8.92 Å². The van der Waals surface area contributed by atoms with E-state index in [9.17, 15) is 22.2 Å². The highest BCUT2D eigenvalue weighted by atomic mass is 32.2. The lowest BCUT2D eigenvalue weighted by atomic mass is 10.2. The maximum absolute atomic E-state index is 12.7. The fourth-order valence-corrected chi connectivity index (χ4v) is 3.43. The first-order valence-electron chi connectivity index (χ1n) is 8.06. The summed E-state index contributed by atoms with van der Waals surface area (Å²) in [5.74, 6) is -2.61. The molecule has 10 nitrogen and oxygen atoms in total. The number of pyridine rings is 1. The number of carbonyl (C=O) groups is 1. The fraction of sp³-hybridized carbons (Fsp3) is 0.125. The van der Waals surface area contributed by atoms with Crippen molar-refractivity contribution in [1.29, 1.82) is 0 Å². The molecule has 154 valence electrons. The first-order valence-corrected chi connectivity index (χ1v) is 9.98. The van der Waals surface area contributed by atoms with E-state index in [-0.39, 0.29) is 27.8 Å². The summed E-state index contributed by atoms with van der Waals surface area (Å²) in [6.07, 6.45) is 3.24. The van der Waals surface area contributed by atoms with Crippen LogP contribution in [0.2, 0.25) is 0 Å². The number of halogens is 3. The SMILES string of the molecule is CS(=O)(=NC(=O)c1cn2ccc(-c3noc(C(F)(F)F)n3)cc2n1)c1cnccn1. The number of alkyl halides is 3. The summed E-state index contributed by atoms with van der Waals surface area (Å²) in [6.45, 7) is 0. The molecule has 1 unspecified atom stereocenters. The normalized spacial score (nSPS) is 13.9. The molecule has 4 aromatic heterocycles. The van der Waals surface area contributed by atoms with Gasteiger partial charge in [0.05, 0.1) is 15.9 Å². The van der Waals surface area contributed by atoms with Crippen molar-refractivity contribution in [3.8, 4) is 11.4 Å². The van der Waals surface area contributed by atoms with E-state index in [1.54, 1.807) is 0 Å². The minimum atomic E-state index is -4.76. The quantitative estimate of drug-likeness (QED) is 0.478. The number of rotatable bonds is 3. The largest absolute Gasteiger partial charge is 0.471 e. The van der Waals surface area contributed by atoms with Gasteiger partial charge >= 0.3 is 18.0 Å². The number of fused-ring (bicyclic) bond motifs is 1. The van der Waals surface area contributed by atoms with Crippen LogP contribution in [0.3, 0.4) is 0 Å². The first kappa shape index (κ1) is 19.6. The molecule has 30 heavy (non-hydrogen) atoms. The van der Waals surface area contributed by atoms with E-state index in [0.717, 1.165) is 0 Å². The average Bonchev–Trinajstić information content (AvgIpc) is 3.35. The van der Waals surface area contributed by atoms with E-state index in [1.165, 1.54) is 53.8 Å². The molecule has 0 aliphatic carbocycles. The zero-order chi connectivity index (χ0) is 21.5. The zero-order valence-corrected chi connectivity index (χ0v) is 15.8. The van der Waals surface area contributed by atoms with Crippen molar-refractivity contribution in [2.24, 2.45) is 4.36 Å². The summed E-state index contributed by atoms with van der Waals surface area (Å²) in [5.41, 5.74) is 0.295. The minimum absolute atomic E-state index is 0.0435. The summed E-state index contributed by atoms with van der Waals surface area (Å²) in [6, 6.07) is 2.79. The highest BCUT2D eigenvalue weighted by Crippen LogP contribution is 2.29. The molecule has 0 aromatic carbocycles. The number of imidazole rings is 1. The topological polar surface area (TPSA) is 128 Å². The van der Waals surface area contributed by atoms with E-state index < -0.39 is 27.7 Å². The number of nitrogens with zero attached hydrogens (tertiary/aromatic N) is 7. The first-order chi connectivity index (χ1) is 14.1. The van der Waals surface area contributed by atoms with Crippen LogP contribution in [-0.2, 0) is 15.9 Å². The summed E-state index contributed by atoms with van der Waals surface area (Å²) >= 11 is 0. The third kappa shape index (κ3) is 3.76. The van der Waals surface area contributed by atoms with Gasteiger partial charge in [-0.15, -0.1) is 0 Å². The van der Waals surface area contributed by atoms with Gasteiger partial charge in [-0.3, -0.25) is 9.78 Å². The van der Waals surface area contributed by atoms with E-state index in [4.69, 9.17) is 0 Å². The molecule has 1 amide bonds. The second kappa shape index (κ2) is 6.98. The predicted octanol–water partition coefficient (Wildman–Crippen LogP) is 2.49. The van der Waals surface area contributed by atoms with Gasteiger partial charge in [-0.25, -0.2) is 14.2 Å². The van der Waals surface area contributed by atoms with Crippen molar-refractivity contribution in [2.45, 2.75) is 11.2 Å². The molecule has 14 heteroatoms. The second-order valence-electron chi connectivity index (χ2n) is 5.97. The Morgan fingerprint density at radius 1 is 1.27 bits per heavy atom. The van der Waals surface area contributed by atoms with Crippen LogP contribution in [-0.4, -0.2) is 45.9 Å². The molecule has 0 spiro atoms. The number of amides is 1. The van der Waals surface area contributed by atoms with Gasteiger partial charge in [0.15, 0.2) is 5.03 Å². The molecule has 0 radical (unpaired) electrons. The van der Waals surface area contributed by atoms with Crippen LogP contribution in [0.1, 0.15) is 16.4 Å². The van der Waals surface area contributed by atoms with E-state index in [2.05, 4.69) is 34.0 Å². The highest BCUT2D eigenvalue weighted by molar-refractivity contribution is 7.93. The Hall–Kier alpha value is -3.68. The Balaban J connectivity index is 1.67. The zero-order valence-electron chi connectivity index (χ0n) is 14.9. The smallest absolute Gasteiger partial charge is 0.329 e. The third-order valence-corrected chi connectivity index (χ3v) is 5.29. The molecule has 0 fully saturated rings. The Labute approximate surface area is 166 Å². The highest BCUT2D eigenvalue weighted by Gasteiger charge is 2.38. The molecule has 0 N–H and O–H groups in total. The molecule has 4 rings (SSSR count). The van der Waals surface area contributed by atoms with Gasteiger partial charge in [-0.1, -0.05) is 5.16 Å². The maximum atomic E-state index is 12.7. The molecule has 0 aliphatic rings. The summed E-state index contributed by atoms with van der Waals surface area (Å²) in [4.78, 5) is 27.5. The van der Waals surface area contributed by atoms with E-state index >= 15 is 0 Å². The van der Waals surface area contributed by atoms with Crippen LogP contribution in [0.5, 0.6) is 0 Å². The predicted molar refractivity (Wildman–Crippen MR) is 94.6 cm³/mol. The Bertz CT molecular complexity index is 1370. The number of carbonyl (C=O) groups excluding carboxylic acids is 1. The van der Waals surface area contributed by atoms with Gasteiger partial charge in [0.2, 0.25) is 5.82 Å². The van der Waals surface area contributed by atoms with Gasteiger partial charge in [0, 0.05) is 36.6 Å². The van der Waals surface area contributed by atoms with Gasteiger partial charge in [0.1, 0.15) is 11.3 Å². The van der Waals surface area contributed by atoms with Gasteiger partial charge in [-0.05, 0) is 12.1 Å². The van der Waals surface area contributed by atoms with Crippen molar-refractivity contribution >= 4 is 21.3 Å². The average molecular weight is 437 g/mol. The lowest BCUT2D eigenvalue weighted by Gasteiger charge is -2.00. The van der Waals surface area contributed by atoms with E-state index in [0.29, 0.717) is 0 Å². The van der Waals surface area contributed by atoms with Crippen LogP contribution in [0.4, 0.5) is 13.2 Å². The Kier molecular flexibility index (Phi) is 4.57. The van der Waals surface area contributed by atoms with Crippen LogP contribution in [0, 0.1) is 0 Å². The minimum Gasteiger partial charge on any atom is -0.329 e. The monoisotopic (exact) mass is 437 g/mol. The van der Waals surface area contributed by atoms with Crippen LogP contribution < -0.4 is 0 Å². The number of hydrogen-bond donors (Lipinski definition) is 0. The summed E-state index contributed by atoms with van der Waals surface area (Å²) in [5, 5.41) is 3.35. The molecular weight excluding hydrogens is 427 g/mol. The third-order valence-electron chi connectivity index (χ3n) is 3.79. The van der Waals surface area contributed by atoms with Gasteiger partial charge in [-0.2, -0.15) is 22.5 Å². The molecule has 0 saturated heterocycles. The molecule has 4 heterocycles. The van der Waals surface area contributed by atoms with Gasteiger partial charge in [0.25, 0.3) is 0 Å². The summed E-state index contributed by atoms with van der Waals surface area (Å²) < 4.78 is 59.9. The van der Waals surface area contributed by atoms with Crippen molar-refractivity contribution in [3.05, 3.63) is 54.7 Å². The standard InChI is InChI=1S/C16H10F3N7O3S/c1-30(28,12-7-20-3-4-21-12)25-14(27)10-8-26-5-2-9(6-11(26)22-10)13-23-15(29-24-13)16(17,18)19/h2-8H,1H3. The summed E-state index contributed by atoms with van der Waals surface area (Å²) in [7, 11) is -3.14. The lowest BCUT2D eigenvalue weighted by molar-refractivity contribution is -0.159. The lowest BCUT2D eigenvalue weighted by Crippen LogP contribution is -2.06. The number of hydrogen-bond acceptors (Lipinski definition) is 8. The van der Waals surface area contributed by atoms with Crippen LogP contribution in [0.25, 0.3) is 17.0 Å². The van der Waals surface area contributed by atoms with Crippen LogP contribution >= 0.6 is 0 Å². The number of aromatic nitrogens is 6. The molecule has 4 aromatic rings. The van der Waals surface area contributed by atoms with Crippen molar-refractivity contribution in [3.63, 3.8) is 0 Å². The molecule has 0 aliphatic heterocycles. The van der Waals surface area contributed by atoms with Crippen LogP contribution in [0.15, 0.2) is 57.0 Å². The molecule has 0 bridgehead atoms. The Morgan fingerprint density at radius 3 is 2.73 bits per heavy atom. The van der Waals surface area contributed by atoms with Crippen molar-refractivity contribution in [2.75, 3.05) is 6.26 Å². The van der Waals surface area contributed by atoms with Crippen molar-refractivity contribution < 1.29 is 26.7 Å². The Morgan fingerprint density at radius 2 is 2.07 bits per heavy atom. The van der Waals surface area contributed by atoms with Crippen molar-refractivity contribution in [1.82, 2.24) is 29.5 Å². The second-order valence-corrected chi connectivity index (χ2v) is 8.18. The fourth-order valence-electron chi connectivity index (χ4n) is 2.41. The molecular formula is C16H10F3N7O3S. The maximum Gasteiger partial charge on any atom is 0.471 e.